The number of aromatic nitrogens is 2. The Morgan fingerprint density at radius 1 is 1.10 bits per heavy atom. The van der Waals surface area contributed by atoms with Crippen molar-refractivity contribution in [1.82, 2.24) is 9.78 Å². The Balaban J connectivity index is 2.28. The SMILES string of the molecule is Cc1ccc(-c2cc(C(F)(F)F)nn2-c2ccc(S(N)(=O)=O)c(CO)c2)c(C)c1. The van der Waals surface area contributed by atoms with E-state index in [2.05, 4.69) is 5.10 Å². The first kappa shape index (κ1) is 21.0. The molecule has 0 fully saturated rings. The predicted octanol–water partition coefficient (Wildman–Crippen LogP) is 3.31. The van der Waals surface area contributed by atoms with Gasteiger partial charge in [0.25, 0.3) is 0 Å². The van der Waals surface area contributed by atoms with Gasteiger partial charge in [0.2, 0.25) is 10.0 Å². The van der Waals surface area contributed by atoms with Gasteiger partial charge in [-0.15, -0.1) is 0 Å². The van der Waals surface area contributed by atoms with Gasteiger partial charge in [0, 0.05) is 5.56 Å². The zero-order valence-corrected chi connectivity index (χ0v) is 16.3. The first-order chi connectivity index (χ1) is 13.4. The molecule has 0 saturated heterocycles. The van der Waals surface area contributed by atoms with Crippen LogP contribution >= 0.6 is 0 Å². The number of aryl methyl sites for hydroxylation is 2. The van der Waals surface area contributed by atoms with Gasteiger partial charge in [-0.2, -0.15) is 18.3 Å². The number of primary sulfonamides is 1. The number of halogens is 3. The Morgan fingerprint density at radius 2 is 1.79 bits per heavy atom. The molecule has 6 nitrogen and oxygen atoms in total. The number of sulfonamides is 1. The van der Waals surface area contributed by atoms with Crippen LogP contribution in [0.2, 0.25) is 0 Å². The highest BCUT2D eigenvalue weighted by atomic mass is 32.2. The van der Waals surface area contributed by atoms with Crippen LogP contribution in [0.3, 0.4) is 0 Å². The summed E-state index contributed by atoms with van der Waals surface area (Å²) in [4.78, 5) is -0.306. The number of hydrogen-bond donors (Lipinski definition) is 2. The predicted molar refractivity (Wildman–Crippen MR) is 101 cm³/mol. The minimum Gasteiger partial charge on any atom is -0.392 e. The van der Waals surface area contributed by atoms with Gasteiger partial charge in [-0.25, -0.2) is 18.2 Å². The van der Waals surface area contributed by atoms with Crippen molar-refractivity contribution in [3.63, 3.8) is 0 Å². The van der Waals surface area contributed by atoms with Crippen molar-refractivity contribution in [1.29, 1.82) is 0 Å². The fourth-order valence-electron chi connectivity index (χ4n) is 3.11. The summed E-state index contributed by atoms with van der Waals surface area (Å²) in [6.07, 6.45) is -4.67. The third-order valence-electron chi connectivity index (χ3n) is 4.42. The molecule has 10 heteroatoms. The number of aliphatic hydroxyl groups excluding tert-OH is 1. The normalized spacial score (nSPS) is 12.4. The Morgan fingerprint density at radius 3 is 2.34 bits per heavy atom. The molecule has 3 aromatic rings. The molecule has 3 rings (SSSR count). The number of rotatable bonds is 4. The monoisotopic (exact) mass is 425 g/mol. The number of benzene rings is 2. The van der Waals surface area contributed by atoms with Crippen LogP contribution in [0.25, 0.3) is 16.9 Å². The Bertz CT molecular complexity index is 1190. The minimum absolute atomic E-state index is 0.0411. The first-order valence-electron chi connectivity index (χ1n) is 8.43. The molecule has 0 atom stereocenters. The van der Waals surface area contributed by atoms with Gasteiger partial charge in [0.05, 0.1) is 22.9 Å². The van der Waals surface area contributed by atoms with Gasteiger partial charge in [-0.05, 0) is 49.2 Å². The highest BCUT2D eigenvalue weighted by Crippen LogP contribution is 2.35. The van der Waals surface area contributed by atoms with Gasteiger partial charge in [0.15, 0.2) is 5.69 Å². The molecule has 0 bridgehead atoms. The third-order valence-corrected chi connectivity index (χ3v) is 5.43. The Hall–Kier alpha value is -2.69. The molecule has 29 heavy (non-hydrogen) atoms. The summed E-state index contributed by atoms with van der Waals surface area (Å²) in [5, 5.41) is 18.3. The van der Waals surface area contributed by atoms with E-state index < -0.39 is 28.5 Å². The molecule has 0 spiro atoms. The van der Waals surface area contributed by atoms with Gasteiger partial charge in [-0.1, -0.05) is 23.8 Å². The molecule has 3 N–H and O–H groups in total. The fraction of sp³-hybridized carbons (Fsp3) is 0.211. The minimum atomic E-state index is -4.67. The maximum atomic E-state index is 13.3. The number of nitrogens with zero attached hydrogens (tertiary/aromatic N) is 2. The van der Waals surface area contributed by atoms with Crippen molar-refractivity contribution in [2.75, 3.05) is 0 Å². The third kappa shape index (κ3) is 4.19. The van der Waals surface area contributed by atoms with E-state index in [-0.39, 0.29) is 21.8 Å². The van der Waals surface area contributed by atoms with E-state index in [9.17, 15) is 26.7 Å². The van der Waals surface area contributed by atoms with Crippen molar-refractivity contribution < 1.29 is 26.7 Å². The van der Waals surface area contributed by atoms with Crippen LogP contribution in [0.4, 0.5) is 13.2 Å². The van der Waals surface area contributed by atoms with E-state index in [0.29, 0.717) is 5.56 Å². The number of hydrogen-bond acceptors (Lipinski definition) is 4. The summed E-state index contributed by atoms with van der Waals surface area (Å²) in [6, 6.07) is 9.92. The summed E-state index contributed by atoms with van der Waals surface area (Å²) in [5.74, 6) is 0. The Labute approximate surface area is 165 Å². The second-order valence-corrected chi connectivity index (χ2v) is 8.17. The summed E-state index contributed by atoms with van der Waals surface area (Å²) < 4.78 is 64.4. The van der Waals surface area contributed by atoms with Gasteiger partial charge in [0.1, 0.15) is 0 Å². The molecular weight excluding hydrogens is 407 g/mol. The summed E-state index contributed by atoms with van der Waals surface area (Å²) >= 11 is 0. The lowest BCUT2D eigenvalue weighted by Crippen LogP contribution is -2.15. The average molecular weight is 425 g/mol. The van der Waals surface area contributed by atoms with Crippen LogP contribution < -0.4 is 5.14 Å². The van der Waals surface area contributed by atoms with E-state index in [0.717, 1.165) is 27.9 Å². The zero-order valence-electron chi connectivity index (χ0n) is 15.5. The Kier molecular flexibility index (Phi) is 5.28. The van der Waals surface area contributed by atoms with E-state index in [4.69, 9.17) is 5.14 Å². The maximum Gasteiger partial charge on any atom is 0.435 e. The van der Waals surface area contributed by atoms with Crippen LogP contribution in [-0.4, -0.2) is 23.3 Å². The van der Waals surface area contributed by atoms with Crippen molar-refractivity contribution in [2.45, 2.75) is 31.5 Å². The summed E-state index contributed by atoms with van der Waals surface area (Å²) in [7, 11) is -4.11. The second kappa shape index (κ2) is 7.29. The average Bonchev–Trinajstić information content (AvgIpc) is 3.05. The lowest BCUT2D eigenvalue weighted by molar-refractivity contribution is -0.141. The fourth-order valence-corrected chi connectivity index (χ4v) is 3.85. The van der Waals surface area contributed by atoms with Crippen LogP contribution in [0, 0.1) is 13.8 Å². The number of aliphatic hydroxyl groups is 1. The number of nitrogens with two attached hydrogens (primary N) is 1. The summed E-state index contributed by atoms with van der Waals surface area (Å²) in [5.41, 5.74) is 1.46. The van der Waals surface area contributed by atoms with Crippen LogP contribution in [-0.2, 0) is 22.8 Å². The molecule has 0 aliphatic rings. The van der Waals surface area contributed by atoms with Crippen molar-refractivity contribution in [2.24, 2.45) is 5.14 Å². The van der Waals surface area contributed by atoms with Gasteiger partial charge >= 0.3 is 6.18 Å². The molecule has 1 heterocycles. The highest BCUT2D eigenvalue weighted by Gasteiger charge is 2.35. The molecule has 154 valence electrons. The molecule has 1 aromatic heterocycles. The largest absolute Gasteiger partial charge is 0.435 e. The smallest absolute Gasteiger partial charge is 0.392 e. The van der Waals surface area contributed by atoms with Gasteiger partial charge < -0.3 is 5.11 Å². The quantitative estimate of drug-likeness (QED) is 0.670. The van der Waals surface area contributed by atoms with E-state index in [1.807, 2.05) is 13.0 Å². The summed E-state index contributed by atoms with van der Waals surface area (Å²) in [6.45, 7) is 2.98. The molecule has 2 aromatic carbocycles. The second-order valence-electron chi connectivity index (χ2n) is 6.64. The first-order valence-corrected chi connectivity index (χ1v) is 9.98. The van der Waals surface area contributed by atoms with Gasteiger partial charge in [-0.3, -0.25) is 0 Å². The van der Waals surface area contributed by atoms with Crippen LogP contribution in [0.15, 0.2) is 47.4 Å². The van der Waals surface area contributed by atoms with Crippen molar-refractivity contribution in [3.8, 4) is 16.9 Å². The lowest BCUT2D eigenvalue weighted by atomic mass is 10.0. The topological polar surface area (TPSA) is 98.2 Å². The lowest BCUT2D eigenvalue weighted by Gasteiger charge is -2.13. The standard InChI is InChI=1S/C19H18F3N3O3S/c1-11-3-5-15(12(2)7-11)16-9-18(19(20,21)22)24-25(16)14-4-6-17(29(23,27)28)13(8-14)10-26/h3-9,26H,10H2,1-2H3,(H2,23,27,28). The van der Waals surface area contributed by atoms with E-state index >= 15 is 0 Å². The van der Waals surface area contributed by atoms with E-state index in [1.54, 1.807) is 19.1 Å². The van der Waals surface area contributed by atoms with Crippen molar-refractivity contribution >= 4 is 10.0 Å². The van der Waals surface area contributed by atoms with Crippen molar-refractivity contribution in [3.05, 3.63) is 64.8 Å². The highest BCUT2D eigenvalue weighted by molar-refractivity contribution is 7.89. The molecule has 0 saturated carbocycles. The van der Waals surface area contributed by atoms with Crippen LogP contribution in [0.1, 0.15) is 22.4 Å². The number of alkyl halides is 3. The molecule has 0 aliphatic heterocycles. The molecule has 0 amide bonds. The van der Waals surface area contributed by atoms with E-state index in [1.165, 1.54) is 12.1 Å². The molecule has 0 radical (unpaired) electrons. The molecule has 0 unspecified atom stereocenters. The maximum absolute atomic E-state index is 13.3. The van der Waals surface area contributed by atoms with Crippen LogP contribution in [0.5, 0.6) is 0 Å². The zero-order chi connectivity index (χ0) is 21.6. The molecule has 0 aliphatic carbocycles. The molecular formula is C19H18F3N3O3S.